The Hall–Kier alpha value is -1.81. The smallest absolute Gasteiger partial charge is 0.263 e. The van der Waals surface area contributed by atoms with Crippen molar-refractivity contribution in [3.8, 4) is 5.75 Å². The second-order valence-corrected chi connectivity index (χ2v) is 10.4. The first-order chi connectivity index (χ1) is 14.5. The number of nitrogens with zero attached hydrogens (tertiary/aromatic N) is 2. The van der Waals surface area contributed by atoms with Crippen molar-refractivity contribution < 1.29 is 5.11 Å². The maximum Gasteiger partial charge on any atom is 0.263 e. The average Bonchev–Trinajstić information content (AvgIpc) is 2.69. The second-order valence-electron chi connectivity index (χ2n) is 9.99. The molecule has 1 aromatic carbocycles. The van der Waals surface area contributed by atoms with E-state index in [1.54, 1.807) is 22.9 Å². The van der Waals surface area contributed by atoms with Crippen LogP contribution >= 0.6 is 11.6 Å². The molecule has 0 spiro atoms. The van der Waals surface area contributed by atoms with Gasteiger partial charge in [-0.25, -0.2) is 0 Å². The molecule has 4 saturated carbocycles. The third-order valence-electron chi connectivity index (χ3n) is 7.69. The fourth-order valence-corrected chi connectivity index (χ4v) is 6.89. The Morgan fingerprint density at radius 3 is 2.47 bits per heavy atom. The molecule has 1 heterocycles. The molecule has 1 aromatic heterocycles. The van der Waals surface area contributed by atoms with Crippen molar-refractivity contribution in [3.05, 3.63) is 39.1 Å². The lowest BCUT2D eigenvalue weighted by molar-refractivity contribution is 0.00194. The molecule has 0 saturated heterocycles. The monoisotopic (exact) mass is 426 g/mol. The molecule has 0 atom stereocenters. The summed E-state index contributed by atoms with van der Waals surface area (Å²) in [6.07, 6.45) is 12.3. The minimum absolute atomic E-state index is 0.0118. The van der Waals surface area contributed by atoms with Crippen LogP contribution in [-0.4, -0.2) is 21.4 Å². The summed E-state index contributed by atoms with van der Waals surface area (Å²) in [6, 6.07) is 5.37. The van der Waals surface area contributed by atoms with E-state index >= 15 is 0 Å². The van der Waals surface area contributed by atoms with Crippen molar-refractivity contribution in [2.75, 3.05) is 0 Å². The van der Waals surface area contributed by atoms with Crippen LogP contribution in [0.25, 0.3) is 10.9 Å². The maximum absolute atomic E-state index is 13.4. The fraction of sp³-hybridized carbons (Fsp3) is 0.600. The van der Waals surface area contributed by atoms with Gasteiger partial charge in [-0.05, 0) is 80.9 Å². The topological polar surface area (TPSA) is 54.6 Å². The van der Waals surface area contributed by atoms with Gasteiger partial charge in [0.05, 0.1) is 11.1 Å². The number of halogens is 1. The lowest BCUT2D eigenvalue weighted by atomic mass is 9.53. The van der Waals surface area contributed by atoms with Gasteiger partial charge in [0, 0.05) is 23.2 Å². The van der Waals surface area contributed by atoms with Gasteiger partial charge in [0.1, 0.15) is 11.3 Å². The highest BCUT2D eigenvalue weighted by Gasteiger charge is 2.50. The van der Waals surface area contributed by atoms with Gasteiger partial charge in [0.25, 0.3) is 5.56 Å². The van der Waals surface area contributed by atoms with Crippen molar-refractivity contribution in [1.29, 1.82) is 0 Å². The largest absolute Gasteiger partial charge is 0.506 e. The van der Waals surface area contributed by atoms with Gasteiger partial charge >= 0.3 is 0 Å². The van der Waals surface area contributed by atoms with Gasteiger partial charge in [-0.1, -0.05) is 31.4 Å². The van der Waals surface area contributed by atoms with Crippen LogP contribution in [0.5, 0.6) is 5.75 Å². The van der Waals surface area contributed by atoms with E-state index in [4.69, 9.17) is 16.6 Å². The van der Waals surface area contributed by atoms with E-state index in [0.717, 1.165) is 61.8 Å². The number of aromatic nitrogens is 1. The summed E-state index contributed by atoms with van der Waals surface area (Å²) in [5.74, 6) is 2.40. The Morgan fingerprint density at radius 2 is 1.83 bits per heavy atom. The molecular weight excluding hydrogens is 396 g/mol. The Kier molecular flexibility index (Phi) is 5.17. The van der Waals surface area contributed by atoms with Gasteiger partial charge in [-0.2, -0.15) is 0 Å². The summed E-state index contributed by atoms with van der Waals surface area (Å²) in [5, 5.41) is 12.2. The number of aliphatic imine (C=N–C) groups is 1. The lowest BCUT2D eigenvalue weighted by Gasteiger charge is -2.54. The molecule has 1 N–H and O–H groups in total. The molecule has 0 aliphatic heterocycles. The van der Waals surface area contributed by atoms with Crippen LogP contribution in [0.4, 0.5) is 0 Å². The zero-order valence-corrected chi connectivity index (χ0v) is 18.5. The van der Waals surface area contributed by atoms with Crippen LogP contribution in [-0.2, 0) is 6.54 Å². The van der Waals surface area contributed by atoms with Gasteiger partial charge < -0.3 is 9.67 Å². The number of hydrogen-bond donors (Lipinski definition) is 1. The van der Waals surface area contributed by atoms with Crippen LogP contribution in [0, 0.1) is 17.8 Å². The summed E-state index contributed by atoms with van der Waals surface area (Å²) < 4.78 is 1.79. The SMILES string of the molecule is CCCCCn1c(=O)c(C=NC23CC4CC(CC(C4)C2)C3)c(O)c2cc(Cl)ccc21. The molecule has 4 nitrogen and oxygen atoms in total. The highest BCUT2D eigenvalue weighted by molar-refractivity contribution is 6.31. The molecular formula is C25H31ClN2O2. The number of aryl methyl sites for hydroxylation is 1. The highest BCUT2D eigenvalue weighted by Crippen LogP contribution is 2.57. The third kappa shape index (κ3) is 3.47. The Balaban J connectivity index is 1.57. The number of fused-ring (bicyclic) bond motifs is 1. The van der Waals surface area contributed by atoms with Crippen molar-refractivity contribution in [1.82, 2.24) is 4.57 Å². The molecule has 0 radical (unpaired) electrons. The summed E-state index contributed by atoms with van der Waals surface area (Å²) in [7, 11) is 0. The van der Waals surface area contributed by atoms with Gasteiger partial charge in [-0.3, -0.25) is 9.79 Å². The van der Waals surface area contributed by atoms with E-state index in [2.05, 4.69) is 6.92 Å². The molecule has 0 amide bonds. The predicted molar refractivity (Wildman–Crippen MR) is 123 cm³/mol. The predicted octanol–water partition coefficient (Wildman–Crippen LogP) is 5.94. The third-order valence-corrected chi connectivity index (χ3v) is 7.93. The standard InChI is InChI=1S/C25H31ClN2O2/c1-2-3-4-7-28-22-6-5-19(26)11-20(22)23(29)21(24(28)30)15-27-25-12-16-8-17(13-25)10-18(9-16)14-25/h5-6,11,15-18,29H,2-4,7-10,12-14H2,1H3. The van der Waals surface area contributed by atoms with Gasteiger partial charge in [0.15, 0.2) is 0 Å². The van der Waals surface area contributed by atoms with Crippen molar-refractivity contribution >= 4 is 28.7 Å². The van der Waals surface area contributed by atoms with E-state index in [0.29, 0.717) is 22.5 Å². The van der Waals surface area contributed by atoms with E-state index in [1.807, 2.05) is 6.07 Å². The lowest BCUT2D eigenvalue weighted by Crippen LogP contribution is -2.49. The minimum Gasteiger partial charge on any atom is -0.506 e. The Labute approximate surface area is 183 Å². The summed E-state index contributed by atoms with van der Waals surface area (Å²) >= 11 is 6.22. The number of hydrogen-bond acceptors (Lipinski definition) is 3. The molecule has 0 unspecified atom stereocenters. The molecule has 4 bridgehead atoms. The normalized spacial score (nSPS) is 30.0. The summed E-state index contributed by atoms with van der Waals surface area (Å²) in [4.78, 5) is 18.4. The van der Waals surface area contributed by atoms with Crippen LogP contribution < -0.4 is 5.56 Å². The first-order valence-corrected chi connectivity index (χ1v) is 12.0. The van der Waals surface area contributed by atoms with Crippen LogP contribution in [0.15, 0.2) is 28.0 Å². The average molecular weight is 427 g/mol. The van der Waals surface area contributed by atoms with E-state index in [-0.39, 0.29) is 16.8 Å². The summed E-state index contributed by atoms with van der Waals surface area (Å²) in [6.45, 7) is 2.80. The van der Waals surface area contributed by atoms with Crippen molar-refractivity contribution in [3.63, 3.8) is 0 Å². The quantitative estimate of drug-likeness (QED) is 0.459. The molecule has 30 heavy (non-hydrogen) atoms. The molecule has 4 fully saturated rings. The molecule has 6 rings (SSSR count). The molecule has 5 heteroatoms. The maximum atomic E-state index is 13.4. The highest BCUT2D eigenvalue weighted by atomic mass is 35.5. The zero-order valence-electron chi connectivity index (χ0n) is 17.7. The minimum atomic E-state index is -0.146. The van der Waals surface area contributed by atoms with Crippen LogP contribution in [0.1, 0.15) is 70.3 Å². The Morgan fingerprint density at radius 1 is 1.17 bits per heavy atom. The number of aromatic hydroxyl groups is 1. The van der Waals surface area contributed by atoms with E-state index < -0.39 is 0 Å². The first kappa shape index (κ1) is 20.1. The first-order valence-electron chi connectivity index (χ1n) is 11.6. The zero-order chi connectivity index (χ0) is 20.9. The second kappa shape index (κ2) is 7.71. The molecule has 4 aliphatic rings. The number of benzene rings is 1. The van der Waals surface area contributed by atoms with Gasteiger partial charge in [0.2, 0.25) is 0 Å². The van der Waals surface area contributed by atoms with Crippen LogP contribution in [0.2, 0.25) is 5.02 Å². The molecule has 4 aliphatic carbocycles. The molecule has 2 aromatic rings. The van der Waals surface area contributed by atoms with Crippen LogP contribution in [0.3, 0.4) is 0 Å². The fourth-order valence-electron chi connectivity index (χ4n) is 6.72. The van der Waals surface area contributed by atoms with E-state index in [1.165, 1.54) is 19.3 Å². The van der Waals surface area contributed by atoms with Gasteiger partial charge in [-0.15, -0.1) is 0 Å². The number of pyridine rings is 1. The Bertz CT molecular complexity index is 1020. The van der Waals surface area contributed by atoms with Crippen molar-refractivity contribution in [2.45, 2.75) is 76.8 Å². The number of unbranched alkanes of at least 4 members (excludes halogenated alkanes) is 2. The molecule has 160 valence electrons. The number of rotatable bonds is 6. The van der Waals surface area contributed by atoms with Crippen molar-refractivity contribution in [2.24, 2.45) is 22.7 Å². The van der Waals surface area contributed by atoms with E-state index in [9.17, 15) is 9.90 Å². The summed E-state index contributed by atoms with van der Waals surface area (Å²) in [5.41, 5.74) is 0.887.